The molecular weight excluding hydrogens is 240 g/mol. The second-order valence-electron chi connectivity index (χ2n) is 5.53. The van der Waals surface area contributed by atoms with Gasteiger partial charge in [-0.05, 0) is 44.6 Å². The zero-order valence-electron chi connectivity index (χ0n) is 12.1. The Bertz CT molecular complexity index is 383. The summed E-state index contributed by atoms with van der Waals surface area (Å²) in [7, 11) is 1.95. The van der Waals surface area contributed by atoms with Crippen LogP contribution in [0.4, 0.5) is 0 Å². The van der Waals surface area contributed by atoms with E-state index in [-0.39, 0.29) is 6.10 Å². The molecule has 0 aliphatic carbocycles. The Labute approximate surface area is 115 Å². The second-order valence-corrected chi connectivity index (χ2v) is 5.53. The molecule has 1 aromatic rings. The molecule has 0 saturated carbocycles. The van der Waals surface area contributed by atoms with Crippen molar-refractivity contribution in [2.75, 3.05) is 6.61 Å². The largest absolute Gasteiger partial charge is 0.393 e. The van der Waals surface area contributed by atoms with Gasteiger partial charge in [-0.15, -0.1) is 0 Å². The molecule has 0 bridgehead atoms. The van der Waals surface area contributed by atoms with Crippen LogP contribution in [0.3, 0.4) is 0 Å². The van der Waals surface area contributed by atoms with E-state index in [1.165, 1.54) is 12.8 Å². The summed E-state index contributed by atoms with van der Waals surface area (Å²) in [5.74, 6) is 0. The maximum absolute atomic E-state index is 10.1. The van der Waals surface area contributed by atoms with Crippen molar-refractivity contribution in [1.29, 1.82) is 0 Å². The number of nitrogens with zero attached hydrogens (tertiary/aromatic N) is 2. The molecule has 0 radical (unpaired) electrons. The third-order valence-electron chi connectivity index (χ3n) is 3.93. The predicted molar refractivity (Wildman–Crippen MR) is 75.1 cm³/mol. The first-order chi connectivity index (χ1) is 9.19. The molecule has 19 heavy (non-hydrogen) atoms. The van der Waals surface area contributed by atoms with Crippen LogP contribution in [-0.2, 0) is 24.6 Å². The van der Waals surface area contributed by atoms with Crippen molar-refractivity contribution >= 4 is 0 Å². The van der Waals surface area contributed by atoms with Gasteiger partial charge >= 0.3 is 0 Å². The van der Waals surface area contributed by atoms with E-state index in [2.05, 4.69) is 18.1 Å². The predicted octanol–water partition coefficient (Wildman–Crippen LogP) is 2.24. The molecule has 1 aliphatic rings. The van der Waals surface area contributed by atoms with E-state index in [0.29, 0.717) is 12.5 Å². The molecule has 2 unspecified atom stereocenters. The van der Waals surface area contributed by atoms with Gasteiger partial charge in [0.25, 0.3) is 0 Å². The lowest BCUT2D eigenvalue weighted by Gasteiger charge is -2.23. The van der Waals surface area contributed by atoms with Gasteiger partial charge in [0.05, 0.1) is 17.9 Å². The molecule has 2 heterocycles. The highest BCUT2D eigenvalue weighted by atomic mass is 16.5. The van der Waals surface area contributed by atoms with Crippen molar-refractivity contribution in [2.24, 2.45) is 7.05 Å². The lowest BCUT2D eigenvalue weighted by atomic mass is 10.0. The van der Waals surface area contributed by atoms with Crippen LogP contribution in [0.1, 0.15) is 50.4 Å². The van der Waals surface area contributed by atoms with E-state index in [0.717, 1.165) is 43.7 Å². The summed E-state index contributed by atoms with van der Waals surface area (Å²) in [6.45, 7) is 2.99. The highest BCUT2D eigenvalue weighted by Gasteiger charge is 2.16. The molecular formula is C15H26N2O2. The Balaban J connectivity index is 1.76. The third kappa shape index (κ3) is 4.32. The highest BCUT2D eigenvalue weighted by molar-refractivity contribution is 5.11. The summed E-state index contributed by atoms with van der Waals surface area (Å²) in [6, 6.07) is 2.10. The lowest BCUT2D eigenvalue weighted by molar-refractivity contribution is 0.00223. The molecule has 1 aliphatic heterocycles. The van der Waals surface area contributed by atoms with Gasteiger partial charge in [-0.3, -0.25) is 4.68 Å². The van der Waals surface area contributed by atoms with Crippen LogP contribution >= 0.6 is 0 Å². The summed E-state index contributed by atoms with van der Waals surface area (Å²) >= 11 is 0. The number of hydrogen-bond donors (Lipinski definition) is 1. The summed E-state index contributed by atoms with van der Waals surface area (Å²) in [5, 5.41) is 14.6. The molecule has 4 heteroatoms. The van der Waals surface area contributed by atoms with Crippen molar-refractivity contribution in [3.05, 3.63) is 17.5 Å². The standard InChI is InChI=1S/C15H26N2O2/c1-3-12-10-13(17(2)16-12)11-14(18)7-8-15-6-4-5-9-19-15/h10,14-15,18H,3-9,11H2,1-2H3. The molecule has 0 spiro atoms. The van der Waals surface area contributed by atoms with E-state index in [1.807, 2.05) is 11.7 Å². The Kier molecular flexibility index (Phi) is 5.40. The van der Waals surface area contributed by atoms with Crippen LogP contribution < -0.4 is 0 Å². The van der Waals surface area contributed by atoms with Gasteiger partial charge < -0.3 is 9.84 Å². The van der Waals surface area contributed by atoms with Crippen LogP contribution in [0, 0.1) is 0 Å². The minimum absolute atomic E-state index is 0.286. The van der Waals surface area contributed by atoms with Crippen LogP contribution in [0.25, 0.3) is 0 Å². The van der Waals surface area contributed by atoms with Crippen LogP contribution in [0.5, 0.6) is 0 Å². The SMILES string of the molecule is CCc1cc(CC(O)CCC2CCCCO2)n(C)n1. The smallest absolute Gasteiger partial charge is 0.0624 e. The summed E-state index contributed by atoms with van der Waals surface area (Å²) < 4.78 is 7.58. The van der Waals surface area contributed by atoms with Crippen LogP contribution in [0.15, 0.2) is 6.07 Å². The number of aromatic nitrogens is 2. The van der Waals surface area contributed by atoms with Gasteiger partial charge in [-0.25, -0.2) is 0 Å². The zero-order valence-corrected chi connectivity index (χ0v) is 12.1. The van der Waals surface area contributed by atoms with E-state index in [9.17, 15) is 5.11 Å². The Hall–Kier alpha value is -0.870. The molecule has 0 aromatic carbocycles. The quantitative estimate of drug-likeness (QED) is 0.859. The van der Waals surface area contributed by atoms with Crippen molar-refractivity contribution in [3.8, 4) is 0 Å². The molecule has 4 nitrogen and oxygen atoms in total. The molecule has 1 aromatic heterocycles. The van der Waals surface area contributed by atoms with Gasteiger partial charge in [0.2, 0.25) is 0 Å². The number of aliphatic hydroxyl groups is 1. The van der Waals surface area contributed by atoms with E-state index in [1.54, 1.807) is 0 Å². The molecule has 2 atom stereocenters. The number of rotatable bonds is 6. The second kappa shape index (κ2) is 7.06. The molecule has 108 valence electrons. The minimum atomic E-state index is -0.286. The molecule has 1 fully saturated rings. The average Bonchev–Trinajstić information content (AvgIpc) is 2.78. The van der Waals surface area contributed by atoms with Crippen molar-refractivity contribution < 1.29 is 9.84 Å². The highest BCUT2D eigenvalue weighted by Crippen LogP contribution is 2.19. The summed E-state index contributed by atoms with van der Waals surface area (Å²) in [6.07, 6.45) is 7.11. The maximum atomic E-state index is 10.1. The van der Waals surface area contributed by atoms with E-state index in [4.69, 9.17) is 4.74 Å². The number of aryl methyl sites for hydroxylation is 2. The fourth-order valence-corrected chi connectivity index (χ4v) is 2.69. The summed E-state index contributed by atoms with van der Waals surface area (Å²) in [5.41, 5.74) is 2.22. The van der Waals surface area contributed by atoms with Crippen LogP contribution in [-0.4, -0.2) is 33.7 Å². The topological polar surface area (TPSA) is 47.3 Å². The van der Waals surface area contributed by atoms with Crippen molar-refractivity contribution in [1.82, 2.24) is 9.78 Å². The average molecular weight is 266 g/mol. The Morgan fingerprint density at radius 2 is 2.37 bits per heavy atom. The molecule has 0 amide bonds. The van der Waals surface area contributed by atoms with Crippen molar-refractivity contribution in [2.45, 2.75) is 64.1 Å². The molecule has 1 saturated heterocycles. The van der Waals surface area contributed by atoms with E-state index >= 15 is 0 Å². The Morgan fingerprint density at radius 1 is 1.53 bits per heavy atom. The number of ether oxygens (including phenoxy) is 1. The summed E-state index contributed by atoms with van der Waals surface area (Å²) in [4.78, 5) is 0. The fourth-order valence-electron chi connectivity index (χ4n) is 2.69. The van der Waals surface area contributed by atoms with Gasteiger partial charge in [0.15, 0.2) is 0 Å². The third-order valence-corrected chi connectivity index (χ3v) is 3.93. The van der Waals surface area contributed by atoms with Crippen molar-refractivity contribution in [3.63, 3.8) is 0 Å². The van der Waals surface area contributed by atoms with Gasteiger partial charge in [0.1, 0.15) is 0 Å². The van der Waals surface area contributed by atoms with Gasteiger partial charge in [-0.1, -0.05) is 6.92 Å². The van der Waals surface area contributed by atoms with E-state index < -0.39 is 0 Å². The van der Waals surface area contributed by atoms with Crippen LogP contribution in [0.2, 0.25) is 0 Å². The molecule has 1 N–H and O–H groups in total. The monoisotopic (exact) mass is 266 g/mol. The number of hydrogen-bond acceptors (Lipinski definition) is 3. The first kappa shape index (κ1) is 14.5. The molecule has 2 rings (SSSR count). The minimum Gasteiger partial charge on any atom is -0.393 e. The van der Waals surface area contributed by atoms with Gasteiger partial charge in [-0.2, -0.15) is 5.10 Å². The number of aliphatic hydroxyl groups excluding tert-OH is 1. The first-order valence-electron chi connectivity index (χ1n) is 7.50. The normalized spacial score (nSPS) is 21.5. The zero-order chi connectivity index (χ0) is 13.7. The maximum Gasteiger partial charge on any atom is 0.0624 e. The Morgan fingerprint density at radius 3 is 3.00 bits per heavy atom. The lowest BCUT2D eigenvalue weighted by Crippen LogP contribution is -2.22. The van der Waals surface area contributed by atoms with Gasteiger partial charge in [0, 0.05) is 25.8 Å². The fraction of sp³-hybridized carbons (Fsp3) is 0.800. The first-order valence-corrected chi connectivity index (χ1v) is 7.50.